The second-order valence-electron chi connectivity index (χ2n) is 7.55. The first-order chi connectivity index (χ1) is 14.6. The van der Waals surface area contributed by atoms with Crippen LogP contribution in [0.4, 0.5) is 4.79 Å². The Labute approximate surface area is 181 Å². The Morgan fingerprint density at radius 1 is 1.13 bits per heavy atom. The number of nitrogens with zero attached hydrogens (tertiary/aromatic N) is 4. The van der Waals surface area contributed by atoms with Crippen LogP contribution in [0.2, 0.25) is 0 Å². The number of ether oxygens (including phenoxy) is 3. The van der Waals surface area contributed by atoms with Crippen LogP contribution in [0.1, 0.15) is 32.3 Å². The lowest BCUT2D eigenvalue weighted by Crippen LogP contribution is -2.42. The van der Waals surface area contributed by atoms with Gasteiger partial charge in [0.15, 0.2) is 9.84 Å². The number of carbonyl (C=O) groups is 1. The molecule has 0 atom stereocenters. The van der Waals surface area contributed by atoms with Gasteiger partial charge in [-0.05, 0) is 26.8 Å². The van der Waals surface area contributed by atoms with E-state index in [1.165, 1.54) is 24.7 Å². The lowest BCUT2D eigenvalue weighted by atomic mass is 10.1. The second kappa shape index (κ2) is 9.46. The highest BCUT2D eigenvalue weighted by atomic mass is 32.2. The molecule has 10 nitrogen and oxygen atoms in total. The molecule has 0 unspecified atom stereocenters. The van der Waals surface area contributed by atoms with E-state index < -0.39 is 9.84 Å². The Balaban J connectivity index is 1.62. The summed E-state index contributed by atoms with van der Waals surface area (Å²) < 4.78 is 40.0. The highest BCUT2D eigenvalue weighted by Gasteiger charge is 2.26. The minimum absolute atomic E-state index is 0.100. The van der Waals surface area contributed by atoms with Crippen LogP contribution in [-0.4, -0.2) is 65.9 Å². The smallest absolute Gasteiger partial charge is 0.410 e. The number of carbonyl (C=O) groups excluding carboxylic acids is 1. The van der Waals surface area contributed by atoms with Gasteiger partial charge in [-0.15, -0.1) is 0 Å². The summed E-state index contributed by atoms with van der Waals surface area (Å²) in [5, 5.41) is 0. The van der Waals surface area contributed by atoms with Crippen molar-refractivity contribution in [1.29, 1.82) is 0 Å². The van der Waals surface area contributed by atoms with Gasteiger partial charge in [0.2, 0.25) is 17.6 Å². The van der Waals surface area contributed by atoms with Gasteiger partial charge in [-0.25, -0.2) is 28.2 Å². The van der Waals surface area contributed by atoms with Crippen molar-refractivity contribution in [2.75, 3.05) is 19.3 Å². The summed E-state index contributed by atoms with van der Waals surface area (Å²) in [6.07, 6.45) is 4.42. The zero-order valence-electron chi connectivity index (χ0n) is 17.9. The molecule has 1 saturated heterocycles. The number of amides is 1. The van der Waals surface area contributed by atoms with E-state index in [-0.39, 0.29) is 35.0 Å². The fourth-order valence-electron chi connectivity index (χ4n) is 2.98. The molecule has 0 bridgehead atoms. The van der Waals surface area contributed by atoms with Crippen LogP contribution in [0.5, 0.6) is 17.6 Å². The first-order valence-corrected chi connectivity index (χ1v) is 11.8. The summed E-state index contributed by atoms with van der Waals surface area (Å²) in [6, 6.07) is 2.88. The highest BCUT2D eigenvalue weighted by molar-refractivity contribution is 7.90. The number of hydrogen-bond donors (Lipinski definition) is 0. The standard InChI is InChI=1S/C20H26N4O6S/c1-13(2)28-20(25)24-9-7-15(8-10-24)29-18-14(3)19(23-12-22-18)30-17-6-5-16(11-21-17)31(4,26)27/h5-6,11-13,15H,7-10H2,1-4H3. The molecule has 31 heavy (non-hydrogen) atoms. The number of likely N-dealkylation sites (tertiary alicyclic amines) is 1. The quantitative estimate of drug-likeness (QED) is 0.654. The molecule has 0 radical (unpaired) electrons. The maximum absolute atomic E-state index is 12.0. The maximum atomic E-state index is 12.0. The van der Waals surface area contributed by atoms with Crippen molar-refractivity contribution in [3.8, 4) is 17.6 Å². The molecule has 0 aliphatic carbocycles. The summed E-state index contributed by atoms with van der Waals surface area (Å²) in [5.74, 6) is 0.862. The van der Waals surface area contributed by atoms with Gasteiger partial charge in [0, 0.05) is 44.5 Å². The molecule has 0 spiro atoms. The van der Waals surface area contributed by atoms with Crippen molar-refractivity contribution < 1.29 is 27.4 Å². The number of sulfone groups is 1. The zero-order chi connectivity index (χ0) is 22.6. The van der Waals surface area contributed by atoms with Gasteiger partial charge in [-0.1, -0.05) is 0 Å². The fraction of sp³-hybridized carbons (Fsp3) is 0.500. The van der Waals surface area contributed by atoms with Crippen LogP contribution in [0.3, 0.4) is 0 Å². The molecule has 1 fully saturated rings. The largest absolute Gasteiger partial charge is 0.474 e. The molecule has 2 aromatic heterocycles. The molecule has 168 valence electrons. The second-order valence-corrected chi connectivity index (χ2v) is 9.57. The lowest BCUT2D eigenvalue weighted by Gasteiger charge is -2.31. The summed E-state index contributed by atoms with van der Waals surface area (Å²) in [5.41, 5.74) is 0.595. The van der Waals surface area contributed by atoms with Crippen LogP contribution in [0.25, 0.3) is 0 Å². The van der Waals surface area contributed by atoms with Gasteiger partial charge in [-0.2, -0.15) is 0 Å². The first-order valence-electron chi connectivity index (χ1n) is 9.91. The van der Waals surface area contributed by atoms with E-state index in [0.717, 1.165) is 6.26 Å². The Hall–Kier alpha value is -2.95. The first kappa shape index (κ1) is 22.7. The third kappa shape index (κ3) is 6.03. The van der Waals surface area contributed by atoms with E-state index in [0.29, 0.717) is 37.4 Å². The van der Waals surface area contributed by atoms with Gasteiger partial charge >= 0.3 is 6.09 Å². The Morgan fingerprint density at radius 3 is 2.39 bits per heavy atom. The van der Waals surface area contributed by atoms with Gasteiger partial charge in [0.1, 0.15) is 12.4 Å². The third-order valence-electron chi connectivity index (χ3n) is 4.65. The maximum Gasteiger partial charge on any atom is 0.410 e. The van der Waals surface area contributed by atoms with Crippen molar-refractivity contribution >= 4 is 15.9 Å². The number of rotatable bonds is 6. The minimum Gasteiger partial charge on any atom is -0.474 e. The predicted octanol–water partition coefficient (Wildman–Crippen LogP) is 2.76. The molecular formula is C20H26N4O6S. The Kier molecular flexibility index (Phi) is 6.94. The predicted molar refractivity (Wildman–Crippen MR) is 111 cm³/mol. The number of piperidine rings is 1. The molecule has 0 saturated carbocycles. The molecule has 3 rings (SSSR count). The lowest BCUT2D eigenvalue weighted by molar-refractivity contribution is 0.0505. The molecule has 1 amide bonds. The van der Waals surface area contributed by atoms with Crippen molar-refractivity contribution in [3.05, 3.63) is 30.2 Å². The van der Waals surface area contributed by atoms with E-state index in [9.17, 15) is 13.2 Å². The van der Waals surface area contributed by atoms with Gasteiger partial charge in [-0.3, -0.25) is 0 Å². The Morgan fingerprint density at radius 2 is 1.81 bits per heavy atom. The summed E-state index contributed by atoms with van der Waals surface area (Å²) >= 11 is 0. The Bertz CT molecular complexity index is 1020. The molecule has 1 aliphatic rings. The third-order valence-corrected chi connectivity index (χ3v) is 5.74. The number of hydrogen-bond acceptors (Lipinski definition) is 9. The zero-order valence-corrected chi connectivity index (χ0v) is 18.8. The fourth-order valence-corrected chi connectivity index (χ4v) is 3.54. The van der Waals surface area contributed by atoms with Crippen molar-refractivity contribution in [3.63, 3.8) is 0 Å². The van der Waals surface area contributed by atoms with Crippen molar-refractivity contribution in [1.82, 2.24) is 19.9 Å². The molecule has 11 heteroatoms. The van der Waals surface area contributed by atoms with E-state index >= 15 is 0 Å². The average molecular weight is 451 g/mol. The molecule has 1 aliphatic heterocycles. The molecular weight excluding hydrogens is 424 g/mol. The highest BCUT2D eigenvalue weighted by Crippen LogP contribution is 2.28. The van der Waals surface area contributed by atoms with Gasteiger partial charge in [0.25, 0.3) is 0 Å². The van der Waals surface area contributed by atoms with Crippen LogP contribution in [0.15, 0.2) is 29.6 Å². The number of aromatic nitrogens is 3. The molecule has 0 N–H and O–H groups in total. The summed E-state index contributed by atoms with van der Waals surface area (Å²) in [4.78, 5) is 26.1. The monoisotopic (exact) mass is 450 g/mol. The topological polar surface area (TPSA) is 121 Å². The van der Waals surface area contributed by atoms with E-state index in [1.54, 1.807) is 11.8 Å². The van der Waals surface area contributed by atoms with Gasteiger partial charge in [0.05, 0.1) is 16.6 Å². The number of pyridine rings is 1. The van der Waals surface area contributed by atoms with Crippen LogP contribution in [-0.2, 0) is 14.6 Å². The van der Waals surface area contributed by atoms with Crippen LogP contribution < -0.4 is 9.47 Å². The molecule has 2 aromatic rings. The van der Waals surface area contributed by atoms with Crippen molar-refractivity contribution in [2.24, 2.45) is 0 Å². The van der Waals surface area contributed by atoms with Crippen LogP contribution in [0, 0.1) is 6.92 Å². The van der Waals surface area contributed by atoms with E-state index in [4.69, 9.17) is 14.2 Å². The van der Waals surface area contributed by atoms with E-state index in [2.05, 4.69) is 15.0 Å². The van der Waals surface area contributed by atoms with Gasteiger partial charge < -0.3 is 19.1 Å². The minimum atomic E-state index is -3.34. The van der Waals surface area contributed by atoms with Crippen LogP contribution >= 0.6 is 0 Å². The summed E-state index contributed by atoms with van der Waals surface area (Å²) in [7, 11) is -3.34. The van der Waals surface area contributed by atoms with Crippen molar-refractivity contribution in [2.45, 2.75) is 50.7 Å². The molecule has 0 aromatic carbocycles. The summed E-state index contributed by atoms with van der Waals surface area (Å²) in [6.45, 7) is 6.49. The normalized spacial score (nSPS) is 15.1. The molecule has 3 heterocycles. The average Bonchev–Trinajstić information content (AvgIpc) is 2.71. The SMILES string of the molecule is Cc1c(Oc2ccc(S(C)(=O)=O)cn2)ncnc1OC1CCN(C(=O)OC(C)C)CC1. The van der Waals surface area contributed by atoms with E-state index in [1.807, 2.05) is 13.8 Å².